The Morgan fingerprint density at radius 2 is 2.12 bits per heavy atom. The molecule has 0 saturated heterocycles. The molecule has 1 heterocycles. The van der Waals surface area contributed by atoms with Crippen molar-refractivity contribution in [1.29, 1.82) is 0 Å². The third-order valence-electron chi connectivity index (χ3n) is 2.72. The smallest absolute Gasteiger partial charge is 0.0570 e. The van der Waals surface area contributed by atoms with Gasteiger partial charge < -0.3 is 5.73 Å². The number of rotatable bonds is 2. The largest absolute Gasteiger partial charge is 0.320 e. The van der Waals surface area contributed by atoms with Crippen LogP contribution in [0.5, 0.6) is 0 Å². The fourth-order valence-corrected chi connectivity index (χ4v) is 2.12. The van der Waals surface area contributed by atoms with Gasteiger partial charge in [-0.05, 0) is 57.7 Å². The lowest BCUT2D eigenvalue weighted by molar-refractivity contribution is 0.852. The van der Waals surface area contributed by atoms with Gasteiger partial charge >= 0.3 is 0 Å². The summed E-state index contributed by atoms with van der Waals surface area (Å²) in [5.41, 5.74) is 9.35. The van der Waals surface area contributed by atoms with E-state index in [0.717, 1.165) is 21.2 Å². The highest BCUT2D eigenvalue weighted by molar-refractivity contribution is 9.10. The first-order valence-electron chi connectivity index (χ1n) is 5.20. The summed E-state index contributed by atoms with van der Waals surface area (Å²) in [5.74, 6) is 0. The van der Waals surface area contributed by atoms with Crippen molar-refractivity contribution in [2.24, 2.45) is 5.73 Å². The number of hydrogen-bond donors (Lipinski definition) is 1. The van der Waals surface area contributed by atoms with Crippen LogP contribution in [0.4, 0.5) is 0 Å². The van der Waals surface area contributed by atoms with E-state index in [1.165, 1.54) is 0 Å². The Balaban J connectivity index is 2.40. The van der Waals surface area contributed by atoms with E-state index in [1.54, 1.807) is 12.4 Å². The Morgan fingerprint density at radius 3 is 2.76 bits per heavy atom. The van der Waals surface area contributed by atoms with Crippen molar-refractivity contribution in [3.8, 4) is 0 Å². The van der Waals surface area contributed by atoms with Crippen molar-refractivity contribution in [3.63, 3.8) is 0 Å². The maximum atomic E-state index is 6.22. The minimum Gasteiger partial charge on any atom is -0.320 e. The fourth-order valence-electron chi connectivity index (χ4n) is 1.69. The first-order valence-corrected chi connectivity index (χ1v) is 6.37. The second-order valence-electron chi connectivity index (χ2n) is 3.88. The second kappa shape index (κ2) is 5.17. The summed E-state index contributed by atoms with van der Waals surface area (Å²) in [6.45, 7) is 2.03. The van der Waals surface area contributed by atoms with Gasteiger partial charge in [0.2, 0.25) is 0 Å². The molecule has 0 saturated carbocycles. The first kappa shape index (κ1) is 12.6. The number of pyridine rings is 1. The molecule has 1 unspecified atom stereocenters. The maximum absolute atomic E-state index is 6.22. The highest BCUT2D eigenvalue weighted by atomic mass is 79.9. The van der Waals surface area contributed by atoms with Crippen LogP contribution >= 0.6 is 27.5 Å². The Labute approximate surface area is 114 Å². The SMILES string of the molecule is Cc1ccncc1C(N)c1ccc(Br)c(Cl)c1. The van der Waals surface area contributed by atoms with E-state index < -0.39 is 0 Å². The van der Waals surface area contributed by atoms with Crippen LogP contribution in [0, 0.1) is 6.92 Å². The molecular formula is C13H12BrClN2. The van der Waals surface area contributed by atoms with Gasteiger partial charge in [-0.2, -0.15) is 0 Å². The van der Waals surface area contributed by atoms with Crippen LogP contribution < -0.4 is 5.73 Å². The van der Waals surface area contributed by atoms with Gasteiger partial charge in [0.15, 0.2) is 0 Å². The Bertz CT molecular complexity index is 543. The van der Waals surface area contributed by atoms with Crippen molar-refractivity contribution in [2.75, 3.05) is 0 Å². The number of aromatic nitrogens is 1. The van der Waals surface area contributed by atoms with E-state index in [9.17, 15) is 0 Å². The summed E-state index contributed by atoms with van der Waals surface area (Å²) >= 11 is 9.43. The molecule has 0 bridgehead atoms. The van der Waals surface area contributed by atoms with Gasteiger partial charge in [-0.3, -0.25) is 4.98 Å². The predicted molar refractivity (Wildman–Crippen MR) is 74.2 cm³/mol. The Kier molecular flexibility index (Phi) is 3.82. The number of hydrogen-bond acceptors (Lipinski definition) is 2. The first-order chi connectivity index (χ1) is 8.09. The van der Waals surface area contributed by atoms with Crippen molar-refractivity contribution < 1.29 is 0 Å². The molecular weight excluding hydrogens is 300 g/mol. The minimum absolute atomic E-state index is 0.200. The molecule has 88 valence electrons. The lowest BCUT2D eigenvalue weighted by Gasteiger charge is -2.15. The number of benzene rings is 1. The summed E-state index contributed by atoms with van der Waals surface area (Å²) in [6.07, 6.45) is 3.57. The highest BCUT2D eigenvalue weighted by Crippen LogP contribution is 2.28. The van der Waals surface area contributed by atoms with E-state index in [2.05, 4.69) is 20.9 Å². The molecule has 1 aromatic heterocycles. The fraction of sp³-hybridized carbons (Fsp3) is 0.154. The number of nitrogens with zero attached hydrogens (tertiary/aromatic N) is 1. The third-order valence-corrected chi connectivity index (χ3v) is 3.95. The quantitative estimate of drug-likeness (QED) is 0.915. The van der Waals surface area contributed by atoms with Crippen LogP contribution in [0.1, 0.15) is 22.7 Å². The highest BCUT2D eigenvalue weighted by Gasteiger charge is 2.12. The summed E-state index contributed by atoms with van der Waals surface area (Å²) in [6, 6.07) is 7.50. The topological polar surface area (TPSA) is 38.9 Å². The molecule has 2 nitrogen and oxygen atoms in total. The average molecular weight is 312 g/mol. The minimum atomic E-state index is -0.200. The molecule has 0 radical (unpaired) electrons. The van der Waals surface area contributed by atoms with Crippen LogP contribution in [0.2, 0.25) is 5.02 Å². The zero-order chi connectivity index (χ0) is 12.4. The van der Waals surface area contributed by atoms with E-state index in [-0.39, 0.29) is 6.04 Å². The molecule has 2 aromatic rings. The van der Waals surface area contributed by atoms with E-state index in [1.807, 2.05) is 31.2 Å². The van der Waals surface area contributed by atoms with E-state index in [0.29, 0.717) is 5.02 Å². The number of nitrogens with two attached hydrogens (primary N) is 1. The summed E-state index contributed by atoms with van der Waals surface area (Å²) in [5, 5.41) is 0.666. The summed E-state index contributed by atoms with van der Waals surface area (Å²) < 4.78 is 0.873. The van der Waals surface area contributed by atoms with Crippen molar-refractivity contribution >= 4 is 27.5 Å². The molecule has 0 aliphatic carbocycles. The zero-order valence-corrected chi connectivity index (χ0v) is 11.7. The zero-order valence-electron chi connectivity index (χ0n) is 9.32. The van der Waals surface area contributed by atoms with Gasteiger partial charge in [0.05, 0.1) is 11.1 Å². The lowest BCUT2D eigenvalue weighted by atomic mass is 9.98. The third kappa shape index (κ3) is 2.68. The molecule has 0 aliphatic rings. The molecule has 0 fully saturated rings. The van der Waals surface area contributed by atoms with Gasteiger partial charge in [0.25, 0.3) is 0 Å². The molecule has 4 heteroatoms. The van der Waals surface area contributed by atoms with Gasteiger partial charge in [-0.25, -0.2) is 0 Å². The molecule has 0 amide bonds. The normalized spacial score (nSPS) is 12.5. The summed E-state index contributed by atoms with van der Waals surface area (Å²) in [7, 11) is 0. The van der Waals surface area contributed by atoms with E-state index >= 15 is 0 Å². The van der Waals surface area contributed by atoms with Crippen molar-refractivity contribution in [1.82, 2.24) is 4.98 Å². The number of aryl methyl sites for hydroxylation is 1. The molecule has 2 N–H and O–H groups in total. The maximum Gasteiger partial charge on any atom is 0.0570 e. The van der Waals surface area contributed by atoms with Gasteiger partial charge in [-0.1, -0.05) is 17.7 Å². The number of halogens is 2. The van der Waals surface area contributed by atoms with E-state index in [4.69, 9.17) is 17.3 Å². The van der Waals surface area contributed by atoms with Crippen LogP contribution in [-0.4, -0.2) is 4.98 Å². The molecule has 1 aromatic carbocycles. The molecule has 17 heavy (non-hydrogen) atoms. The van der Waals surface area contributed by atoms with Gasteiger partial charge in [0.1, 0.15) is 0 Å². The monoisotopic (exact) mass is 310 g/mol. The van der Waals surface area contributed by atoms with Crippen LogP contribution in [0.15, 0.2) is 41.1 Å². The standard InChI is InChI=1S/C13H12BrClN2/c1-8-4-5-17-7-10(8)13(16)9-2-3-11(14)12(15)6-9/h2-7,13H,16H2,1H3. The molecule has 0 aliphatic heterocycles. The second-order valence-corrected chi connectivity index (χ2v) is 5.15. The predicted octanol–water partition coefficient (Wildman–Crippen LogP) is 3.85. The lowest BCUT2D eigenvalue weighted by Crippen LogP contribution is -2.13. The van der Waals surface area contributed by atoms with Crippen LogP contribution in [0.25, 0.3) is 0 Å². The molecule has 0 spiro atoms. The van der Waals surface area contributed by atoms with Gasteiger partial charge in [-0.15, -0.1) is 0 Å². The van der Waals surface area contributed by atoms with Crippen LogP contribution in [-0.2, 0) is 0 Å². The van der Waals surface area contributed by atoms with Crippen molar-refractivity contribution in [3.05, 3.63) is 62.8 Å². The average Bonchev–Trinajstić information content (AvgIpc) is 2.32. The Morgan fingerprint density at radius 1 is 1.35 bits per heavy atom. The molecule has 1 atom stereocenters. The Hall–Kier alpha value is -0.900. The van der Waals surface area contributed by atoms with Crippen LogP contribution in [0.3, 0.4) is 0 Å². The van der Waals surface area contributed by atoms with Crippen molar-refractivity contribution in [2.45, 2.75) is 13.0 Å². The van der Waals surface area contributed by atoms with Gasteiger partial charge in [0, 0.05) is 16.9 Å². The summed E-state index contributed by atoms with van der Waals surface area (Å²) in [4.78, 5) is 4.11. The molecule has 2 rings (SSSR count).